The summed E-state index contributed by atoms with van der Waals surface area (Å²) in [5, 5.41) is 8.75. The molecule has 1 aromatic heterocycles. The van der Waals surface area contributed by atoms with Crippen LogP contribution in [0.25, 0.3) is 0 Å². The Hall–Kier alpha value is -2.94. The van der Waals surface area contributed by atoms with Gasteiger partial charge in [-0.05, 0) is 18.2 Å². The minimum atomic E-state index is -0.472. The Kier molecular flexibility index (Phi) is 4.71. The second-order valence-corrected chi connectivity index (χ2v) is 5.57. The Morgan fingerprint density at radius 1 is 1.25 bits per heavy atom. The molecule has 1 aromatic carbocycles. The van der Waals surface area contributed by atoms with Gasteiger partial charge in [0, 0.05) is 37.6 Å². The van der Waals surface area contributed by atoms with Crippen LogP contribution >= 0.6 is 0 Å². The van der Waals surface area contributed by atoms with E-state index < -0.39 is 5.82 Å². The number of anilines is 1. The van der Waals surface area contributed by atoms with E-state index >= 15 is 0 Å². The lowest BCUT2D eigenvalue weighted by Crippen LogP contribution is -2.34. The minimum absolute atomic E-state index is 0.0342. The molecule has 1 aliphatic heterocycles. The summed E-state index contributed by atoms with van der Waals surface area (Å²) < 4.78 is 19.4. The first-order valence-corrected chi connectivity index (χ1v) is 7.71. The van der Waals surface area contributed by atoms with Gasteiger partial charge in [0.15, 0.2) is 0 Å². The summed E-state index contributed by atoms with van der Waals surface area (Å²) in [6.45, 7) is 1.34. The molecule has 3 rings (SSSR count). The summed E-state index contributed by atoms with van der Waals surface area (Å²) in [5.41, 5.74) is 0.640. The quantitative estimate of drug-likeness (QED) is 0.865. The predicted molar refractivity (Wildman–Crippen MR) is 86.1 cm³/mol. The number of nitrogens with zero attached hydrogens (tertiary/aromatic N) is 3. The molecule has 2 aromatic rings. The highest BCUT2D eigenvalue weighted by molar-refractivity contribution is 5.80. The van der Waals surface area contributed by atoms with Crippen molar-refractivity contribution in [3.63, 3.8) is 0 Å². The van der Waals surface area contributed by atoms with E-state index in [0.717, 1.165) is 5.82 Å². The molecule has 6 heteroatoms. The fourth-order valence-electron chi connectivity index (χ4n) is 2.53. The number of piperidine rings is 1. The molecule has 5 nitrogen and oxygen atoms in total. The van der Waals surface area contributed by atoms with E-state index in [2.05, 4.69) is 4.98 Å². The average molecular weight is 325 g/mol. The lowest BCUT2D eigenvalue weighted by atomic mass is 10.1. The van der Waals surface area contributed by atoms with E-state index in [-0.39, 0.29) is 18.0 Å². The molecule has 1 aliphatic rings. The number of nitriles is 1. The molecule has 1 saturated heterocycles. The normalized spacial score (nSPS) is 14.3. The number of carbonyl (C=O) groups excluding carboxylic acids is 1. The van der Waals surface area contributed by atoms with E-state index in [1.807, 2.05) is 23.1 Å². The Balaban J connectivity index is 1.67. The van der Waals surface area contributed by atoms with Crippen LogP contribution in [-0.4, -0.2) is 23.9 Å². The van der Waals surface area contributed by atoms with Crippen molar-refractivity contribution in [1.82, 2.24) is 4.98 Å². The maximum Gasteiger partial charge on any atom is 0.215 e. The highest BCUT2D eigenvalue weighted by Crippen LogP contribution is 2.20. The fraction of sp³-hybridized carbons (Fsp3) is 0.278. The van der Waals surface area contributed by atoms with Gasteiger partial charge in [0.1, 0.15) is 24.0 Å². The Morgan fingerprint density at radius 2 is 2.04 bits per heavy atom. The van der Waals surface area contributed by atoms with Gasteiger partial charge >= 0.3 is 0 Å². The number of aromatic nitrogens is 1. The molecule has 2 heterocycles. The third-order valence-corrected chi connectivity index (χ3v) is 3.91. The number of ether oxygens (including phenoxy) is 1. The Bertz CT molecular complexity index is 791. The lowest BCUT2D eigenvalue weighted by Gasteiger charge is -2.27. The van der Waals surface area contributed by atoms with E-state index in [4.69, 9.17) is 10.00 Å². The number of benzene rings is 1. The number of hydrogen-bond donors (Lipinski definition) is 0. The van der Waals surface area contributed by atoms with Crippen molar-refractivity contribution in [2.75, 3.05) is 18.0 Å². The molecule has 0 saturated carbocycles. The summed E-state index contributed by atoms with van der Waals surface area (Å²) >= 11 is 0. The smallest absolute Gasteiger partial charge is 0.215 e. The SMILES string of the molecule is N#Cc1ccc(COc2cccc(N3CCC(=O)CC3)n2)c(F)c1. The van der Waals surface area contributed by atoms with Gasteiger partial charge in [-0.3, -0.25) is 4.79 Å². The van der Waals surface area contributed by atoms with Crippen LogP contribution in [0.3, 0.4) is 0 Å². The summed E-state index contributed by atoms with van der Waals surface area (Å²) in [7, 11) is 0. The van der Waals surface area contributed by atoms with Crippen LogP contribution in [0.4, 0.5) is 10.2 Å². The second-order valence-electron chi connectivity index (χ2n) is 5.57. The van der Waals surface area contributed by atoms with Crippen LogP contribution in [0.5, 0.6) is 5.88 Å². The van der Waals surface area contributed by atoms with E-state index in [1.54, 1.807) is 12.1 Å². The van der Waals surface area contributed by atoms with Gasteiger partial charge in [0.25, 0.3) is 0 Å². The van der Waals surface area contributed by atoms with Crippen LogP contribution in [0, 0.1) is 17.1 Å². The van der Waals surface area contributed by atoms with Crippen LogP contribution in [0.1, 0.15) is 24.0 Å². The number of hydrogen-bond acceptors (Lipinski definition) is 5. The van der Waals surface area contributed by atoms with E-state index in [0.29, 0.717) is 37.4 Å². The predicted octanol–water partition coefficient (Wildman–Crippen LogP) is 2.84. The van der Waals surface area contributed by atoms with Crippen molar-refractivity contribution in [2.24, 2.45) is 0 Å². The van der Waals surface area contributed by atoms with Crippen molar-refractivity contribution in [2.45, 2.75) is 19.4 Å². The molecule has 0 N–H and O–H groups in total. The molecular formula is C18H16FN3O2. The minimum Gasteiger partial charge on any atom is -0.473 e. The number of ketones is 1. The number of pyridine rings is 1. The highest BCUT2D eigenvalue weighted by Gasteiger charge is 2.17. The molecule has 0 aliphatic carbocycles. The van der Waals surface area contributed by atoms with Crippen molar-refractivity contribution < 1.29 is 13.9 Å². The summed E-state index contributed by atoms with van der Waals surface area (Å²) in [6.07, 6.45) is 1.06. The molecule has 0 unspecified atom stereocenters. The number of carbonyl (C=O) groups is 1. The first-order valence-electron chi connectivity index (χ1n) is 7.71. The standard InChI is InChI=1S/C18H16FN3O2/c19-16-10-13(11-20)4-5-14(16)12-24-18-3-1-2-17(21-18)22-8-6-15(23)7-9-22/h1-5,10H,6-9,12H2. The Morgan fingerprint density at radius 3 is 2.75 bits per heavy atom. The van der Waals surface area contributed by atoms with Crippen LogP contribution in [-0.2, 0) is 11.4 Å². The molecule has 0 amide bonds. The van der Waals surface area contributed by atoms with Crippen LogP contribution in [0.2, 0.25) is 0 Å². The molecule has 0 radical (unpaired) electrons. The van der Waals surface area contributed by atoms with Gasteiger partial charge in [-0.1, -0.05) is 12.1 Å². The van der Waals surface area contributed by atoms with Crippen LogP contribution in [0.15, 0.2) is 36.4 Å². The number of rotatable bonds is 4. The van der Waals surface area contributed by atoms with Gasteiger partial charge in [-0.2, -0.15) is 10.2 Å². The summed E-state index contributed by atoms with van der Waals surface area (Å²) in [4.78, 5) is 17.8. The zero-order chi connectivity index (χ0) is 16.9. The molecular weight excluding hydrogens is 309 g/mol. The topological polar surface area (TPSA) is 66.2 Å². The monoisotopic (exact) mass is 325 g/mol. The fourth-order valence-corrected chi connectivity index (χ4v) is 2.53. The number of Topliss-reactive ketones (excluding diaryl/α,β-unsaturated/α-hetero) is 1. The third kappa shape index (κ3) is 3.69. The zero-order valence-corrected chi connectivity index (χ0v) is 13.0. The zero-order valence-electron chi connectivity index (χ0n) is 13.0. The Labute approximate surface area is 139 Å². The molecule has 1 fully saturated rings. The van der Waals surface area contributed by atoms with Gasteiger partial charge in [0.05, 0.1) is 11.6 Å². The van der Waals surface area contributed by atoms with Crippen molar-refractivity contribution >= 4 is 11.6 Å². The van der Waals surface area contributed by atoms with Gasteiger partial charge < -0.3 is 9.64 Å². The van der Waals surface area contributed by atoms with E-state index in [1.165, 1.54) is 12.1 Å². The highest BCUT2D eigenvalue weighted by atomic mass is 19.1. The molecule has 24 heavy (non-hydrogen) atoms. The maximum absolute atomic E-state index is 13.9. The lowest BCUT2D eigenvalue weighted by molar-refractivity contribution is -0.119. The number of halogens is 1. The summed E-state index contributed by atoms with van der Waals surface area (Å²) in [6, 6.07) is 11.6. The molecule has 0 spiro atoms. The first-order chi connectivity index (χ1) is 11.7. The largest absolute Gasteiger partial charge is 0.473 e. The van der Waals surface area contributed by atoms with E-state index in [9.17, 15) is 9.18 Å². The maximum atomic E-state index is 13.9. The van der Waals surface area contributed by atoms with Crippen molar-refractivity contribution in [3.05, 3.63) is 53.3 Å². The summed E-state index contributed by atoms with van der Waals surface area (Å²) in [5.74, 6) is 0.947. The second kappa shape index (κ2) is 7.09. The van der Waals surface area contributed by atoms with Crippen molar-refractivity contribution in [3.8, 4) is 11.9 Å². The van der Waals surface area contributed by atoms with Crippen LogP contribution < -0.4 is 9.64 Å². The van der Waals surface area contributed by atoms with Gasteiger partial charge in [-0.25, -0.2) is 4.39 Å². The molecule has 0 bridgehead atoms. The van der Waals surface area contributed by atoms with Gasteiger partial charge in [0.2, 0.25) is 5.88 Å². The van der Waals surface area contributed by atoms with Gasteiger partial charge in [-0.15, -0.1) is 0 Å². The third-order valence-electron chi connectivity index (χ3n) is 3.91. The average Bonchev–Trinajstić information content (AvgIpc) is 2.61. The van der Waals surface area contributed by atoms with Crippen molar-refractivity contribution in [1.29, 1.82) is 5.26 Å². The molecule has 122 valence electrons. The molecule has 0 atom stereocenters. The first kappa shape index (κ1) is 15.9.